The highest BCUT2D eigenvalue weighted by Gasteiger charge is 2.19. The molecule has 14 heavy (non-hydrogen) atoms. The Bertz CT molecular complexity index is 211. The van der Waals surface area contributed by atoms with Crippen LogP contribution in [0.25, 0.3) is 0 Å². The summed E-state index contributed by atoms with van der Waals surface area (Å²) in [6, 6.07) is 0. The lowest BCUT2D eigenvalue weighted by Gasteiger charge is -2.19. The summed E-state index contributed by atoms with van der Waals surface area (Å²) >= 11 is 0. The van der Waals surface area contributed by atoms with Crippen molar-refractivity contribution in [1.82, 2.24) is 9.80 Å². The largest absolute Gasteiger partial charge is 0.411 e. The molecular weight excluding hydrogens is 178 g/mol. The normalized spacial score (nSPS) is 27.9. The van der Waals surface area contributed by atoms with Crippen LogP contribution in [0.4, 0.5) is 0 Å². The summed E-state index contributed by atoms with van der Waals surface area (Å²) in [5.41, 5.74) is 0.937. The van der Waals surface area contributed by atoms with Crippen LogP contribution < -0.4 is 0 Å². The van der Waals surface area contributed by atoms with Crippen LogP contribution in [0, 0.1) is 0 Å². The minimum absolute atomic E-state index is 0.865. The van der Waals surface area contributed by atoms with Crippen molar-refractivity contribution in [2.75, 3.05) is 39.3 Å². The van der Waals surface area contributed by atoms with Gasteiger partial charge in [0.05, 0.1) is 5.71 Å². The van der Waals surface area contributed by atoms with Gasteiger partial charge in [0.2, 0.25) is 0 Å². The fraction of sp³-hybridized carbons (Fsp3) is 0.900. The lowest BCUT2D eigenvalue weighted by Crippen LogP contribution is -2.32. The summed E-state index contributed by atoms with van der Waals surface area (Å²) in [4.78, 5) is 4.89. The molecule has 0 amide bonds. The minimum Gasteiger partial charge on any atom is -0.411 e. The highest BCUT2D eigenvalue weighted by Crippen LogP contribution is 2.09. The van der Waals surface area contributed by atoms with Crippen LogP contribution in [0.2, 0.25) is 0 Å². The van der Waals surface area contributed by atoms with Crippen molar-refractivity contribution in [3.8, 4) is 0 Å². The maximum absolute atomic E-state index is 8.61. The van der Waals surface area contributed by atoms with Crippen LogP contribution in [0.15, 0.2) is 5.16 Å². The van der Waals surface area contributed by atoms with E-state index in [9.17, 15) is 0 Å². The zero-order chi connectivity index (χ0) is 9.80. The van der Waals surface area contributed by atoms with Gasteiger partial charge in [-0.3, -0.25) is 4.90 Å². The Morgan fingerprint density at radius 2 is 1.79 bits per heavy atom. The van der Waals surface area contributed by atoms with Crippen LogP contribution in [0.1, 0.15) is 19.3 Å². The maximum atomic E-state index is 8.61. The highest BCUT2D eigenvalue weighted by molar-refractivity contribution is 5.87. The van der Waals surface area contributed by atoms with E-state index in [0.29, 0.717) is 0 Å². The maximum Gasteiger partial charge on any atom is 0.0723 e. The van der Waals surface area contributed by atoms with E-state index in [1.54, 1.807) is 0 Å². The summed E-state index contributed by atoms with van der Waals surface area (Å²) in [5, 5.41) is 11.9. The third-order valence-electron chi connectivity index (χ3n) is 3.20. The van der Waals surface area contributed by atoms with E-state index in [1.807, 2.05) is 0 Å². The monoisotopic (exact) mass is 197 g/mol. The summed E-state index contributed by atoms with van der Waals surface area (Å²) in [6.07, 6.45) is 3.67. The smallest absolute Gasteiger partial charge is 0.0723 e. The molecule has 0 unspecified atom stereocenters. The van der Waals surface area contributed by atoms with E-state index in [1.165, 1.54) is 32.5 Å². The number of likely N-dealkylation sites (tertiary alicyclic amines) is 2. The van der Waals surface area contributed by atoms with Crippen molar-refractivity contribution in [2.45, 2.75) is 19.3 Å². The van der Waals surface area contributed by atoms with Gasteiger partial charge >= 0.3 is 0 Å². The molecule has 4 heteroatoms. The fourth-order valence-corrected chi connectivity index (χ4v) is 2.26. The van der Waals surface area contributed by atoms with E-state index >= 15 is 0 Å². The number of nitrogens with zero attached hydrogens (tertiary/aromatic N) is 3. The van der Waals surface area contributed by atoms with Gasteiger partial charge in [-0.15, -0.1) is 0 Å². The molecule has 4 nitrogen and oxygen atoms in total. The molecular formula is C10H19N3O. The topological polar surface area (TPSA) is 39.1 Å². The standard InChI is InChI=1S/C10H19N3O/c14-11-10-3-6-13(9-10)8-7-12-4-1-2-5-12/h14H,1-9H2/b11-10+. The van der Waals surface area contributed by atoms with Crippen molar-refractivity contribution < 1.29 is 5.21 Å². The van der Waals surface area contributed by atoms with Crippen LogP contribution in [-0.4, -0.2) is 60.0 Å². The Hall–Kier alpha value is -0.610. The van der Waals surface area contributed by atoms with Gasteiger partial charge in [-0.2, -0.15) is 0 Å². The van der Waals surface area contributed by atoms with Crippen molar-refractivity contribution >= 4 is 5.71 Å². The molecule has 0 aromatic carbocycles. The first-order valence-corrected chi connectivity index (χ1v) is 5.53. The Balaban J connectivity index is 1.66. The summed E-state index contributed by atoms with van der Waals surface area (Å²) in [7, 11) is 0. The number of hydrogen-bond acceptors (Lipinski definition) is 4. The quantitative estimate of drug-likeness (QED) is 0.532. The Morgan fingerprint density at radius 3 is 2.43 bits per heavy atom. The van der Waals surface area contributed by atoms with Crippen LogP contribution >= 0.6 is 0 Å². The fourth-order valence-electron chi connectivity index (χ4n) is 2.26. The molecule has 0 aliphatic carbocycles. The Morgan fingerprint density at radius 1 is 1.07 bits per heavy atom. The Labute approximate surface area is 85.2 Å². The molecule has 2 aliphatic heterocycles. The number of oxime groups is 1. The van der Waals surface area contributed by atoms with E-state index in [2.05, 4.69) is 15.0 Å². The number of rotatable bonds is 3. The molecule has 0 bridgehead atoms. The first-order valence-electron chi connectivity index (χ1n) is 5.53. The second-order valence-electron chi connectivity index (χ2n) is 4.24. The molecule has 0 saturated carbocycles. The first kappa shape index (κ1) is 9.93. The van der Waals surface area contributed by atoms with Crippen LogP contribution in [0.5, 0.6) is 0 Å². The molecule has 0 aromatic rings. The predicted octanol–water partition coefficient (Wildman–Crippen LogP) is 0.618. The van der Waals surface area contributed by atoms with Gasteiger partial charge in [0.25, 0.3) is 0 Å². The second kappa shape index (κ2) is 4.75. The molecule has 2 saturated heterocycles. The first-order chi connectivity index (χ1) is 6.88. The van der Waals surface area contributed by atoms with Crippen molar-refractivity contribution in [1.29, 1.82) is 0 Å². The lowest BCUT2D eigenvalue weighted by atomic mass is 10.3. The van der Waals surface area contributed by atoms with Gasteiger partial charge in [0, 0.05) is 32.6 Å². The average molecular weight is 197 g/mol. The third kappa shape index (κ3) is 2.45. The molecule has 80 valence electrons. The molecule has 0 atom stereocenters. The summed E-state index contributed by atoms with van der Waals surface area (Å²) in [6.45, 7) is 6.78. The SMILES string of the molecule is O/N=C1\CCN(CCN2CCCC2)C1. The second-order valence-corrected chi connectivity index (χ2v) is 4.24. The van der Waals surface area contributed by atoms with Crippen molar-refractivity contribution in [3.05, 3.63) is 0 Å². The van der Waals surface area contributed by atoms with Gasteiger partial charge in [0.15, 0.2) is 0 Å². The van der Waals surface area contributed by atoms with Gasteiger partial charge in [-0.05, 0) is 25.9 Å². The third-order valence-corrected chi connectivity index (χ3v) is 3.20. The zero-order valence-corrected chi connectivity index (χ0v) is 8.65. The Kier molecular flexibility index (Phi) is 3.37. The predicted molar refractivity (Wildman–Crippen MR) is 56.0 cm³/mol. The van der Waals surface area contributed by atoms with Gasteiger partial charge in [-0.25, -0.2) is 0 Å². The zero-order valence-electron chi connectivity index (χ0n) is 8.65. The van der Waals surface area contributed by atoms with Crippen molar-refractivity contribution in [3.63, 3.8) is 0 Å². The molecule has 0 aromatic heterocycles. The minimum atomic E-state index is 0.865. The van der Waals surface area contributed by atoms with Gasteiger partial charge in [0.1, 0.15) is 0 Å². The number of hydrogen-bond donors (Lipinski definition) is 1. The lowest BCUT2D eigenvalue weighted by molar-refractivity contribution is 0.261. The molecule has 2 aliphatic rings. The highest BCUT2D eigenvalue weighted by atomic mass is 16.4. The molecule has 0 radical (unpaired) electrons. The van der Waals surface area contributed by atoms with E-state index in [4.69, 9.17) is 5.21 Å². The molecule has 2 fully saturated rings. The molecule has 2 rings (SSSR count). The summed E-state index contributed by atoms with van der Waals surface area (Å²) < 4.78 is 0. The van der Waals surface area contributed by atoms with E-state index in [0.717, 1.165) is 31.8 Å². The summed E-state index contributed by atoms with van der Waals surface area (Å²) in [5.74, 6) is 0. The van der Waals surface area contributed by atoms with Crippen LogP contribution in [-0.2, 0) is 0 Å². The van der Waals surface area contributed by atoms with Gasteiger partial charge < -0.3 is 10.1 Å². The van der Waals surface area contributed by atoms with Gasteiger partial charge in [-0.1, -0.05) is 5.16 Å². The van der Waals surface area contributed by atoms with Crippen LogP contribution in [0.3, 0.4) is 0 Å². The van der Waals surface area contributed by atoms with Crippen molar-refractivity contribution in [2.24, 2.45) is 5.16 Å². The van der Waals surface area contributed by atoms with E-state index in [-0.39, 0.29) is 0 Å². The molecule has 0 spiro atoms. The van der Waals surface area contributed by atoms with E-state index < -0.39 is 0 Å². The molecule has 2 heterocycles. The molecule has 1 N–H and O–H groups in total. The average Bonchev–Trinajstić information content (AvgIpc) is 2.86.